The minimum atomic E-state index is -0.711. The first-order valence-electron chi connectivity index (χ1n) is 11.7. The van der Waals surface area contributed by atoms with E-state index in [0.29, 0.717) is 28.4 Å². The van der Waals surface area contributed by atoms with Crippen LogP contribution in [0, 0.1) is 0 Å². The number of anilines is 3. The first-order chi connectivity index (χ1) is 18.8. The zero-order chi connectivity index (χ0) is 28.1. The molecule has 4 rings (SSSR count). The van der Waals surface area contributed by atoms with Gasteiger partial charge in [-0.2, -0.15) is 0 Å². The zero-order valence-corrected chi connectivity index (χ0v) is 22.0. The van der Waals surface area contributed by atoms with Gasteiger partial charge in [-0.05, 0) is 67.6 Å². The second kappa shape index (κ2) is 11.7. The summed E-state index contributed by atoms with van der Waals surface area (Å²) in [5.74, 6) is -1.25. The molecule has 10 nitrogen and oxygen atoms in total. The highest BCUT2D eigenvalue weighted by atomic mass is 35.5. The Morgan fingerprint density at radius 3 is 2.15 bits per heavy atom. The van der Waals surface area contributed by atoms with Gasteiger partial charge in [0.05, 0.1) is 37.8 Å². The van der Waals surface area contributed by atoms with E-state index in [4.69, 9.17) is 25.8 Å². The van der Waals surface area contributed by atoms with Gasteiger partial charge in [0.1, 0.15) is 22.2 Å². The lowest BCUT2D eigenvalue weighted by Gasteiger charge is -2.15. The smallest absolute Gasteiger partial charge is 0.338 e. The highest BCUT2D eigenvalue weighted by Gasteiger charge is 2.39. The van der Waals surface area contributed by atoms with Crippen LogP contribution in [0.5, 0.6) is 11.5 Å². The molecule has 1 aliphatic heterocycles. The first-order valence-corrected chi connectivity index (χ1v) is 12.1. The van der Waals surface area contributed by atoms with Crippen molar-refractivity contribution >= 4 is 52.4 Å². The number of ether oxygens (including phenoxy) is 3. The summed E-state index contributed by atoms with van der Waals surface area (Å²) in [5, 5.41) is 5.35. The van der Waals surface area contributed by atoms with Gasteiger partial charge in [0.25, 0.3) is 17.7 Å². The number of nitrogens with one attached hydrogen (secondary N) is 2. The van der Waals surface area contributed by atoms with Gasteiger partial charge in [-0.25, -0.2) is 9.69 Å². The van der Waals surface area contributed by atoms with Crippen LogP contribution in [-0.4, -0.2) is 44.5 Å². The molecule has 39 heavy (non-hydrogen) atoms. The number of esters is 1. The average molecular weight is 550 g/mol. The van der Waals surface area contributed by atoms with Crippen molar-refractivity contribution in [3.05, 3.63) is 88.6 Å². The molecule has 200 valence electrons. The number of methoxy groups -OCH3 is 2. The quantitative estimate of drug-likeness (QED) is 0.294. The third kappa shape index (κ3) is 5.70. The SMILES string of the molecule is CCOC(=O)c1ccc(N2C(=O)C(Cl)=C(Nc3ccc(C(=O)Nc4ccc(OC)cc4OC)cc3)C2=O)cc1. The number of carbonyl (C=O) groups excluding carboxylic acids is 4. The minimum absolute atomic E-state index is 0.115. The van der Waals surface area contributed by atoms with Crippen molar-refractivity contribution in [2.75, 3.05) is 36.4 Å². The van der Waals surface area contributed by atoms with Crippen LogP contribution in [0.4, 0.5) is 17.1 Å². The van der Waals surface area contributed by atoms with E-state index in [-0.39, 0.29) is 34.5 Å². The van der Waals surface area contributed by atoms with Crippen molar-refractivity contribution in [2.24, 2.45) is 0 Å². The summed E-state index contributed by atoms with van der Waals surface area (Å²) in [6, 6.07) is 17.1. The van der Waals surface area contributed by atoms with E-state index in [1.54, 1.807) is 49.4 Å². The van der Waals surface area contributed by atoms with E-state index >= 15 is 0 Å². The summed E-state index contributed by atoms with van der Waals surface area (Å²) in [7, 11) is 3.02. The van der Waals surface area contributed by atoms with E-state index in [2.05, 4.69) is 10.6 Å². The number of amides is 3. The van der Waals surface area contributed by atoms with Gasteiger partial charge in [0.15, 0.2) is 0 Å². The van der Waals surface area contributed by atoms with Crippen LogP contribution in [0.1, 0.15) is 27.6 Å². The molecule has 0 radical (unpaired) electrons. The molecule has 3 amide bonds. The Balaban J connectivity index is 1.45. The molecule has 11 heteroatoms. The van der Waals surface area contributed by atoms with Gasteiger partial charge in [0.2, 0.25) is 0 Å². The van der Waals surface area contributed by atoms with Crippen LogP contribution in [0.3, 0.4) is 0 Å². The standard InChI is InChI=1S/C28H24ClN3O7/c1-4-39-28(36)17-7-11-19(12-8-17)32-26(34)23(29)24(27(32)35)30-18-9-5-16(6-10-18)25(33)31-21-14-13-20(37-2)15-22(21)38-3/h5-15,30H,4H2,1-3H3,(H,31,33). The molecule has 0 atom stereocenters. The molecule has 0 fully saturated rings. The fourth-order valence-electron chi connectivity index (χ4n) is 3.75. The van der Waals surface area contributed by atoms with Crippen molar-refractivity contribution in [1.82, 2.24) is 0 Å². The largest absolute Gasteiger partial charge is 0.497 e. The number of imide groups is 1. The molecular weight excluding hydrogens is 526 g/mol. The van der Waals surface area contributed by atoms with Crippen LogP contribution >= 0.6 is 11.6 Å². The molecule has 1 heterocycles. The third-order valence-corrected chi connectivity index (χ3v) is 6.09. The first kappa shape index (κ1) is 27.2. The number of halogens is 1. The molecule has 0 saturated carbocycles. The lowest BCUT2D eigenvalue weighted by atomic mass is 10.1. The normalized spacial score (nSPS) is 12.9. The second-order valence-electron chi connectivity index (χ2n) is 8.12. The van der Waals surface area contributed by atoms with Crippen LogP contribution in [0.25, 0.3) is 0 Å². The Labute approximate surface area is 229 Å². The molecule has 0 unspecified atom stereocenters. The van der Waals surface area contributed by atoms with E-state index < -0.39 is 17.8 Å². The molecule has 3 aromatic carbocycles. The maximum absolute atomic E-state index is 13.1. The average Bonchev–Trinajstić information content (AvgIpc) is 3.16. The Morgan fingerprint density at radius 2 is 1.54 bits per heavy atom. The van der Waals surface area contributed by atoms with Gasteiger partial charge in [-0.3, -0.25) is 14.4 Å². The summed E-state index contributed by atoms with van der Waals surface area (Å²) in [5.41, 5.74) is 1.66. The second-order valence-corrected chi connectivity index (χ2v) is 8.50. The lowest BCUT2D eigenvalue weighted by molar-refractivity contribution is -0.120. The van der Waals surface area contributed by atoms with E-state index in [1.807, 2.05) is 0 Å². The predicted octanol–water partition coefficient (Wildman–Crippen LogP) is 4.57. The van der Waals surface area contributed by atoms with Crippen molar-refractivity contribution in [2.45, 2.75) is 6.92 Å². The zero-order valence-electron chi connectivity index (χ0n) is 21.2. The molecule has 0 aliphatic carbocycles. The molecule has 0 aromatic heterocycles. The van der Waals surface area contributed by atoms with Crippen molar-refractivity contribution in [1.29, 1.82) is 0 Å². The fraction of sp³-hybridized carbons (Fsp3) is 0.143. The highest BCUT2D eigenvalue weighted by molar-refractivity contribution is 6.53. The highest BCUT2D eigenvalue weighted by Crippen LogP contribution is 2.31. The van der Waals surface area contributed by atoms with Crippen molar-refractivity contribution < 1.29 is 33.4 Å². The van der Waals surface area contributed by atoms with Gasteiger partial charge in [0, 0.05) is 17.3 Å². The number of rotatable bonds is 9. The number of hydrogen-bond acceptors (Lipinski definition) is 8. The number of carbonyl (C=O) groups is 4. The van der Waals surface area contributed by atoms with Crippen LogP contribution in [-0.2, 0) is 14.3 Å². The van der Waals surface area contributed by atoms with Crippen LogP contribution in [0.2, 0.25) is 0 Å². The van der Waals surface area contributed by atoms with Gasteiger partial charge in [-0.15, -0.1) is 0 Å². The Hall–Kier alpha value is -4.83. The molecule has 1 aliphatic rings. The minimum Gasteiger partial charge on any atom is -0.497 e. The number of nitrogens with zero attached hydrogens (tertiary/aromatic N) is 1. The molecule has 0 bridgehead atoms. The predicted molar refractivity (Wildman–Crippen MR) is 145 cm³/mol. The third-order valence-electron chi connectivity index (χ3n) is 5.74. The lowest BCUT2D eigenvalue weighted by Crippen LogP contribution is -2.32. The topological polar surface area (TPSA) is 123 Å². The van der Waals surface area contributed by atoms with Crippen LogP contribution < -0.4 is 25.0 Å². The van der Waals surface area contributed by atoms with E-state index in [1.165, 1.54) is 38.5 Å². The number of hydrogen-bond donors (Lipinski definition) is 2. The monoisotopic (exact) mass is 549 g/mol. The van der Waals surface area contributed by atoms with Crippen molar-refractivity contribution in [3.8, 4) is 11.5 Å². The maximum atomic E-state index is 13.1. The Kier molecular flexibility index (Phi) is 8.16. The Morgan fingerprint density at radius 1 is 0.872 bits per heavy atom. The van der Waals surface area contributed by atoms with Gasteiger partial charge in [-0.1, -0.05) is 11.6 Å². The summed E-state index contributed by atoms with van der Waals surface area (Å²) in [4.78, 5) is 51.4. The fourth-order valence-corrected chi connectivity index (χ4v) is 3.97. The summed E-state index contributed by atoms with van der Waals surface area (Å²) >= 11 is 6.21. The van der Waals surface area contributed by atoms with Crippen molar-refractivity contribution in [3.63, 3.8) is 0 Å². The van der Waals surface area contributed by atoms with E-state index in [0.717, 1.165) is 4.90 Å². The summed E-state index contributed by atoms with van der Waals surface area (Å²) < 4.78 is 15.4. The summed E-state index contributed by atoms with van der Waals surface area (Å²) in [6.07, 6.45) is 0. The molecule has 0 saturated heterocycles. The molecule has 0 spiro atoms. The Bertz CT molecular complexity index is 1470. The van der Waals surface area contributed by atoms with Crippen LogP contribution in [0.15, 0.2) is 77.5 Å². The molecule has 3 aromatic rings. The van der Waals surface area contributed by atoms with Gasteiger partial charge >= 0.3 is 5.97 Å². The number of benzene rings is 3. The maximum Gasteiger partial charge on any atom is 0.338 e. The molecule has 2 N–H and O–H groups in total. The van der Waals surface area contributed by atoms with Gasteiger partial charge < -0.3 is 24.8 Å². The van der Waals surface area contributed by atoms with E-state index in [9.17, 15) is 19.2 Å². The summed E-state index contributed by atoms with van der Waals surface area (Å²) in [6.45, 7) is 1.92. The molecular formula is C28H24ClN3O7.